The van der Waals surface area contributed by atoms with Gasteiger partial charge in [-0.2, -0.15) is 0 Å². The molecule has 2 aliphatic heterocycles. The van der Waals surface area contributed by atoms with E-state index in [1.807, 2.05) is 0 Å². The summed E-state index contributed by atoms with van der Waals surface area (Å²) < 4.78 is 34.1. The summed E-state index contributed by atoms with van der Waals surface area (Å²) in [7, 11) is 1.22. The van der Waals surface area contributed by atoms with E-state index < -0.39 is 91.6 Å². The second-order valence-electron chi connectivity index (χ2n) is 12.7. The minimum atomic E-state index is -1.99. The highest BCUT2D eigenvalue weighted by atomic mass is 16.7. The fourth-order valence-corrected chi connectivity index (χ4v) is 6.27. The zero-order valence-corrected chi connectivity index (χ0v) is 28.4. The number of rotatable bonds is 10. The van der Waals surface area contributed by atoms with Gasteiger partial charge in [0.2, 0.25) is 0 Å². The third-order valence-corrected chi connectivity index (χ3v) is 9.17. The Morgan fingerprint density at radius 3 is 2.11 bits per heavy atom. The fourth-order valence-electron chi connectivity index (χ4n) is 6.27. The van der Waals surface area contributed by atoms with Crippen LogP contribution in [0.1, 0.15) is 17.2 Å². The lowest BCUT2D eigenvalue weighted by Crippen LogP contribution is -2.63. The first-order valence-electron chi connectivity index (χ1n) is 16.6. The minimum absolute atomic E-state index is 0.0185. The number of carbonyl (C=O) groups excluding carboxylic acids is 1. The van der Waals surface area contributed by atoms with Crippen LogP contribution in [-0.4, -0.2) is 127 Å². The molecule has 17 nitrogen and oxygen atoms in total. The Balaban J connectivity index is 1.29. The number of hydrogen-bond donors (Lipinski definition) is 9. The van der Waals surface area contributed by atoms with E-state index in [9.17, 15) is 55.5 Å². The number of methoxy groups -OCH3 is 1. The molecule has 1 aromatic heterocycles. The van der Waals surface area contributed by atoms with Crippen LogP contribution in [0.15, 0.2) is 76.0 Å². The first-order valence-corrected chi connectivity index (χ1v) is 16.6. The number of ether oxygens (including phenoxy) is 5. The number of fused-ring (bicyclic) bond motifs is 1. The molecule has 9 N–H and O–H groups in total. The molecule has 0 unspecified atom stereocenters. The maximum absolute atomic E-state index is 13.4. The van der Waals surface area contributed by atoms with E-state index in [2.05, 4.69) is 0 Å². The Morgan fingerprint density at radius 1 is 0.815 bits per heavy atom. The maximum Gasteiger partial charge on any atom is 0.330 e. The number of aliphatic hydroxyl groups excluding tert-OH is 6. The number of hydrogen-bond acceptors (Lipinski definition) is 17. The summed E-state index contributed by atoms with van der Waals surface area (Å²) in [5.41, 5.74) is -0.145. The third kappa shape index (κ3) is 7.76. The molecule has 0 aliphatic carbocycles. The van der Waals surface area contributed by atoms with Crippen molar-refractivity contribution in [2.45, 2.75) is 61.2 Å². The van der Waals surface area contributed by atoms with Gasteiger partial charge in [0, 0.05) is 23.8 Å². The molecular formula is C37H38O17. The Labute approximate surface area is 305 Å². The van der Waals surface area contributed by atoms with Crippen molar-refractivity contribution >= 4 is 23.0 Å². The molecular weight excluding hydrogens is 716 g/mol. The largest absolute Gasteiger partial charge is 0.508 e. The first-order chi connectivity index (χ1) is 25.8. The summed E-state index contributed by atoms with van der Waals surface area (Å²) in [6.45, 7) is -1.47. The molecule has 0 radical (unpaired) electrons. The van der Waals surface area contributed by atoms with Gasteiger partial charge in [-0.25, -0.2) is 4.79 Å². The van der Waals surface area contributed by atoms with Gasteiger partial charge in [-0.3, -0.25) is 4.79 Å². The molecule has 0 bridgehead atoms. The SMILES string of the molecule is COc1cc2oc(-c3ccc(O)cc3)cc(=O)c2c(O)c1[C@@H]1O[C@H](CO)[C@@H](O)[C@H](O)[C@H]1O[C@@H]1O[C@H](COC(=O)/C=C/c2ccc(O)cc2)[C@@H](O)[C@H](O)[C@H]1O. The van der Waals surface area contributed by atoms with Gasteiger partial charge in [0.05, 0.1) is 19.3 Å². The van der Waals surface area contributed by atoms with Crippen molar-refractivity contribution in [3.63, 3.8) is 0 Å². The van der Waals surface area contributed by atoms with Gasteiger partial charge in [0.1, 0.15) is 101 Å². The van der Waals surface area contributed by atoms with Crippen LogP contribution in [-0.2, 0) is 23.7 Å². The number of carbonyl (C=O) groups is 1. The number of esters is 1. The summed E-state index contributed by atoms with van der Waals surface area (Å²) >= 11 is 0. The van der Waals surface area contributed by atoms with Gasteiger partial charge in [-0.05, 0) is 48.0 Å². The van der Waals surface area contributed by atoms with Crippen LogP contribution in [0.5, 0.6) is 23.0 Å². The van der Waals surface area contributed by atoms with Gasteiger partial charge in [0.15, 0.2) is 11.7 Å². The van der Waals surface area contributed by atoms with Gasteiger partial charge in [-0.1, -0.05) is 12.1 Å². The van der Waals surface area contributed by atoms with Crippen LogP contribution in [0.25, 0.3) is 28.4 Å². The van der Waals surface area contributed by atoms with Crippen LogP contribution in [0.3, 0.4) is 0 Å². The van der Waals surface area contributed by atoms with Crippen molar-refractivity contribution in [1.82, 2.24) is 0 Å². The number of phenols is 3. The highest BCUT2D eigenvalue weighted by Gasteiger charge is 2.52. The maximum atomic E-state index is 13.4. The summed E-state index contributed by atoms with van der Waals surface area (Å²) in [6, 6.07) is 14.1. The second-order valence-corrected chi connectivity index (χ2v) is 12.7. The van der Waals surface area contributed by atoms with Crippen LogP contribution >= 0.6 is 0 Å². The molecule has 0 amide bonds. The molecule has 2 saturated heterocycles. The molecule has 3 aromatic carbocycles. The highest BCUT2D eigenvalue weighted by molar-refractivity contribution is 5.88. The second kappa shape index (κ2) is 16.1. The normalized spacial score (nSPS) is 28.6. The van der Waals surface area contributed by atoms with Crippen molar-refractivity contribution in [2.75, 3.05) is 20.3 Å². The molecule has 0 saturated carbocycles. The number of phenolic OH excluding ortho intramolecular Hbond substituents is 3. The lowest BCUT2D eigenvalue weighted by atomic mass is 9.89. The predicted molar refractivity (Wildman–Crippen MR) is 184 cm³/mol. The summed E-state index contributed by atoms with van der Waals surface area (Å²) in [4.78, 5) is 25.9. The number of aromatic hydroxyl groups is 3. The Morgan fingerprint density at radius 2 is 1.46 bits per heavy atom. The van der Waals surface area contributed by atoms with Gasteiger partial charge < -0.3 is 74.1 Å². The van der Waals surface area contributed by atoms with Crippen LogP contribution < -0.4 is 10.2 Å². The van der Waals surface area contributed by atoms with Gasteiger partial charge in [-0.15, -0.1) is 0 Å². The topological polar surface area (TPSA) is 275 Å². The first kappa shape index (κ1) is 38.6. The number of aliphatic hydroxyl groups is 6. The minimum Gasteiger partial charge on any atom is -0.508 e. The van der Waals surface area contributed by atoms with Crippen molar-refractivity contribution in [3.8, 4) is 34.3 Å². The average Bonchev–Trinajstić information content (AvgIpc) is 3.16. The van der Waals surface area contributed by atoms with E-state index >= 15 is 0 Å². The molecule has 3 heterocycles. The van der Waals surface area contributed by atoms with E-state index in [1.54, 1.807) is 12.1 Å². The van der Waals surface area contributed by atoms with E-state index in [0.29, 0.717) is 11.1 Å². The molecule has 2 aliphatic rings. The molecule has 288 valence electrons. The Kier molecular flexibility index (Phi) is 11.5. The summed E-state index contributed by atoms with van der Waals surface area (Å²) in [6.07, 6.45) is -15.3. The highest BCUT2D eigenvalue weighted by Crippen LogP contribution is 2.46. The predicted octanol–water partition coefficient (Wildman–Crippen LogP) is 0.189. The average molecular weight is 755 g/mol. The summed E-state index contributed by atoms with van der Waals surface area (Å²) in [5.74, 6) is -1.66. The third-order valence-electron chi connectivity index (χ3n) is 9.17. The molecule has 2 fully saturated rings. The zero-order chi connectivity index (χ0) is 38.8. The number of benzene rings is 3. The van der Waals surface area contributed by atoms with Crippen LogP contribution in [0.4, 0.5) is 0 Å². The van der Waals surface area contributed by atoms with Crippen LogP contribution in [0, 0.1) is 0 Å². The molecule has 10 atom stereocenters. The zero-order valence-electron chi connectivity index (χ0n) is 28.4. The quantitative estimate of drug-likeness (QED) is 0.0772. The van der Waals surface area contributed by atoms with E-state index in [4.69, 9.17) is 28.1 Å². The van der Waals surface area contributed by atoms with Crippen LogP contribution in [0.2, 0.25) is 0 Å². The Bertz CT molecular complexity index is 2030. The van der Waals surface area contributed by atoms with E-state index in [0.717, 1.165) is 12.1 Å². The van der Waals surface area contributed by atoms with E-state index in [1.165, 1.54) is 55.7 Å². The van der Waals surface area contributed by atoms with E-state index in [-0.39, 0.29) is 39.5 Å². The molecule has 17 heteroatoms. The lowest BCUT2D eigenvalue weighted by molar-refractivity contribution is -0.342. The smallest absolute Gasteiger partial charge is 0.330 e. The van der Waals surface area contributed by atoms with Crippen molar-refractivity contribution < 1.29 is 78.9 Å². The molecule has 54 heavy (non-hydrogen) atoms. The van der Waals surface area contributed by atoms with Crippen molar-refractivity contribution in [2.24, 2.45) is 0 Å². The Hall–Kier alpha value is -5.08. The van der Waals surface area contributed by atoms with Gasteiger partial charge in [0.25, 0.3) is 0 Å². The standard InChI is InChI=1S/C37H38O17/c1-49-22-13-23-27(20(41)12-21(51-23)17-5-9-19(40)10-6-17)31(45)28(22)35-36(33(47)29(43)24(14-38)52-35)54-37-34(48)32(46)30(44)25(53-37)15-50-26(42)11-4-16-2-7-18(39)8-3-16/h2-13,24-25,29-30,32-40,43-48H,14-15H2,1H3/b11-4+/t24-,25-,29-,30-,32+,33+,34-,35+,36-,37+/m1/s1. The monoisotopic (exact) mass is 754 g/mol. The van der Waals surface area contributed by atoms with Crippen molar-refractivity contribution in [1.29, 1.82) is 0 Å². The lowest BCUT2D eigenvalue weighted by Gasteiger charge is -2.46. The molecule has 4 aromatic rings. The summed E-state index contributed by atoms with van der Waals surface area (Å²) in [5, 5.41) is 94.7. The van der Waals surface area contributed by atoms with Gasteiger partial charge >= 0.3 is 5.97 Å². The molecule has 0 spiro atoms. The fraction of sp³-hybridized carbons (Fsp3) is 0.351. The van der Waals surface area contributed by atoms with Crippen molar-refractivity contribution in [3.05, 3.63) is 88.1 Å². The molecule has 6 rings (SSSR count).